The second-order valence-electron chi connectivity index (χ2n) is 2.75. The lowest BCUT2D eigenvalue weighted by Gasteiger charge is -2.06. The van der Waals surface area contributed by atoms with Crippen molar-refractivity contribution in [1.82, 2.24) is 0 Å². The molecule has 76 valence electrons. The molecule has 0 spiro atoms. The molecule has 0 bridgehead atoms. The highest BCUT2D eigenvalue weighted by molar-refractivity contribution is 9.10. The molecule has 0 aromatic heterocycles. The van der Waals surface area contributed by atoms with Gasteiger partial charge in [-0.05, 0) is 24.1 Å². The largest absolute Gasteiger partial charge is 0.480 e. The van der Waals surface area contributed by atoms with Crippen molar-refractivity contribution in [2.45, 2.75) is 11.2 Å². The number of halogens is 3. The zero-order valence-corrected chi connectivity index (χ0v) is 10.1. The van der Waals surface area contributed by atoms with Crippen molar-refractivity contribution in [2.75, 3.05) is 0 Å². The molecular formula is C9H7BrCl2O2. The van der Waals surface area contributed by atoms with E-state index < -0.39 is 10.8 Å². The molecule has 5 heteroatoms. The zero-order valence-electron chi connectivity index (χ0n) is 7.01. The molecule has 14 heavy (non-hydrogen) atoms. The average molecular weight is 298 g/mol. The first-order chi connectivity index (χ1) is 6.50. The van der Waals surface area contributed by atoms with Crippen LogP contribution < -0.4 is 0 Å². The van der Waals surface area contributed by atoms with Gasteiger partial charge in [0, 0.05) is 10.0 Å². The number of carbonyl (C=O) groups is 1. The Morgan fingerprint density at radius 2 is 2.14 bits per heavy atom. The summed E-state index contributed by atoms with van der Waals surface area (Å²) in [5, 5.41) is 9.70. The van der Waals surface area contributed by atoms with Gasteiger partial charge in [-0.1, -0.05) is 45.2 Å². The molecule has 1 aromatic carbocycles. The van der Waals surface area contributed by atoms with E-state index in [1.165, 1.54) is 0 Å². The van der Waals surface area contributed by atoms with Crippen LogP contribution in [0.5, 0.6) is 0 Å². The maximum absolute atomic E-state index is 10.6. The smallest absolute Gasteiger partial charge is 0.317 e. The standard InChI is InChI=1S/C9H7BrCl2O2/c10-7(9(13)14)3-5-1-2-6(11)4-8(5)12/h1-2,4,7H,3H2,(H,13,14)/t7-/m1/s1. The molecule has 0 aliphatic carbocycles. The summed E-state index contributed by atoms with van der Waals surface area (Å²) in [7, 11) is 0. The van der Waals surface area contributed by atoms with E-state index in [4.69, 9.17) is 28.3 Å². The number of carboxylic acids is 1. The summed E-state index contributed by atoms with van der Waals surface area (Å²) < 4.78 is 0. The summed E-state index contributed by atoms with van der Waals surface area (Å²) in [6.45, 7) is 0. The van der Waals surface area contributed by atoms with Crippen molar-refractivity contribution >= 4 is 45.1 Å². The van der Waals surface area contributed by atoms with Crippen molar-refractivity contribution in [3.63, 3.8) is 0 Å². The molecule has 1 atom stereocenters. The van der Waals surface area contributed by atoms with E-state index >= 15 is 0 Å². The third kappa shape index (κ3) is 3.15. The monoisotopic (exact) mass is 296 g/mol. The van der Waals surface area contributed by atoms with Crippen LogP contribution in [0.25, 0.3) is 0 Å². The van der Waals surface area contributed by atoms with Crippen molar-refractivity contribution < 1.29 is 9.90 Å². The van der Waals surface area contributed by atoms with Crippen LogP contribution in [0.1, 0.15) is 5.56 Å². The van der Waals surface area contributed by atoms with Crippen LogP contribution >= 0.6 is 39.1 Å². The van der Waals surface area contributed by atoms with Crippen molar-refractivity contribution in [3.05, 3.63) is 33.8 Å². The molecule has 2 nitrogen and oxygen atoms in total. The summed E-state index contributed by atoms with van der Waals surface area (Å²) in [5.41, 5.74) is 0.764. The van der Waals surface area contributed by atoms with Gasteiger partial charge in [0.15, 0.2) is 0 Å². The Labute approximate surface area is 100.0 Å². The van der Waals surface area contributed by atoms with E-state index in [2.05, 4.69) is 15.9 Å². The Morgan fingerprint density at radius 1 is 1.50 bits per heavy atom. The maximum atomic E-state index is 10.6. The minimum absolute atomic E-state index is 0.339. The van der Waals surface area contributed by atoms with Crippen LogP contribution in [0.3, 0.4) is 0 Å². The number of benzene rings is 1. The molecule has 1 rings (SSSR count). The van der Waals surface area contributed by atoms with Gasteiger partial charge in [0.25, 0.3) is 0 Å². The summed E-state index contributed by atoms with van der Waals surface area (Å²) in [5.74, 6) is -0.906. The molecule has 0 saturated heterocycles. The lowest BCUT2D eigenvalue weighted by atomic mass is 10.1. The molecule has 0 fully saturated rings. The molecule has 0 radical (unpaired) electrons. The van der Waals surface area contributed by atoms with Crippen LogP contribution in [0.15, 0.2) is 18.2 Å². The number of hydrogen-bond acceptors (Lipinski definition) is 1. The van der Waals surface area contributed by atoms with Crippen LogP contribution in [0.2, 0.25) is 10.0 Å². The molecule has 0 aliphatic heterocycles. The zero-order chi connectivity index (χ0) is 10.7. The molecule has 0 saturated carbocycles. The summed E-state index contributed by atoms with van der Waals surface area (Å²) in [4.78, 5) is 9.94. The number of aliphatic carboxylic acids is 1. The van der Waals surface area contributed by atoms with Gasteiger partial charge in [0.1, 0.15) is 4.83 Å². The fourth-order valence-corrected chi connectivity index (χ4v) is 1.80. The van der Waals surface area contributed by atoms with Gasteiger partial charge in [0.05, 0.1) is 0 Å². The number of rotatable bonds is 3. The van der Waals surface area contributed by atoms with Gasteiger partial charge >= 0.3 is 5.97 Å². The van der Waals surface area contributed by atoms with Gasteiger partial charge in [-0.15, -0.1) is 0 Å². The predicted octanol–water partition coefficient (Wildman–Crippen LogP) is 3.38. The first-order valence-corrected chi connectivity index (χ1v) is 5.48. The third-order valence-corrected chi connectivity index (χ3v) is 2.98. The number of carboxylic acid groups (broad SMARTS) is 1. The predicted molar refractivity (Wildman–Crippen MR) is 60.5 cm³/mol. The van der Waals surface area contributed by atoms with Crippen LogP contribution in [0.4, 0.5) is 0 Å². The Kier molecular flexibility index (Phi) is 4.23. The van der Waals surface area contributed by atoms with Crippen LogP contribution in [-0.4, -0.2) is 15.9 Å². The third-order valence-electron chi connectivity index (χ3n) is 1.68. The van der Waals surface area contributed by atoms with Gasteiger partial charge in [-0.2, -0.15) is 0 Å². The van der Waals surface area contributed by atoms with Crippen molar-refractivity contribution in [3.8, 4) is 0 Å². The fourth-order valence-electron chi connectivity index (χ4n) is 0.968. The Balaban J connectivity index is 2.82. The normalized spacial score (nSPS) is 12.5. The topological polar surface area (TPSA) is 37.3 Å². The van der Waals surface area contributed by atoms with Gasteiger partial charge < -0.3 is 5.11 Å². The van der Waals surface area contributed by atoms with Crippen molar-refractivity contribution in [2.24, 2.45) is 0 Å². The van der Waals surface area contributed by atoms with Crippen molar-refractivity contribution in [1.29, 1.82) is 0 Å². The summed E-state index contributed by atoms with van der Waals surface area (Å²) in [6.07, 6.45) is 0.339. The highest BCUT2D eigenvalue weighted by Gasteiger charge is 2.15. The minimum atomic E-state index is -0.906. The molecule has 1 aromatic rings. The highest BCUT2D eigenvalue weighted by atomic mass is 79.9. The molecular weight excluding hydrogens is 291 g/mol. The average Bonchev–Trinajstić information content (AvgIpc) is 2.09. The second-order valence-corrected chi connectivity index (χ2v) is 4.69. The molecule has 0 unspecified atom stereocenters. The minimum Gasteiger partial charge on any atom is -0.480 e. The first kappa shape index (κ1) is 11.8. The number of hydrogen-bond donors (Lipinski definition) is 1. The van der Waals surface area contributed by atoms with E-state index in [0.717, 1.165) is 5.56 Å². The van der Waals surface area contributed by atoms with E-state index in [-0.39, 0.29) is 0 Å². The second kappa shape index (κ2) is 5.01. The highest BCUT2D eigenvalue weighted by Crippen LogP contribution is 2.23. The van der Waals surface area contributed by atoms with E-state index in [1.54, 1.807) is 18.2 Å². The van der Waals surface area contributed by atoms with Crippen LogP contribution in [-0.2, 0) is 11.2 Å². The summed E-state index contributed by atoms with van der Waals surface area (Å²) in [6, 6.07) is 5.01. The molecule has 1 N–H and O–H groups in total. The lowest BCUT2D eigenvalue weighted by molar-refractivity contribution is -0.136. The van der Waals surface area contributed by atoms with E-state index in [0.29, 0.717) is 16.5 Å². The molecule has 0 heterocycles. The van der Waals surface area contributed by atoms with Crippen LogP contribution in [0, 0.1) is 0 Å². The Morgan fingerprint density at radius 3 is 2.64 bits per heavy atom. The molecule has 0 aliphatic rings. The lowest BCUT2D eigenvalue weighted by Crippen LogP contribution is -2.15. The van der Waals surface area contributed by atoms with E-state index in [1.807, 2.05) is 0 Å². The summed E-state index contributed by atoms with van der Waals surface area (Å²) >= 11 is 14.6. The Hall–Kier alpha value is -0.250. The maximum Gasteiger partial charge on any atom is 0.317 e. The number of alkyl halides is 1. The van der Waals surface area contributed by atoms with Gasteiger partial charge in [-0.25, -0.2) is 0 Å². The molecule has 0 amide bonds. The quantitative estimate of drug-likeness (QED) is 0.869. The van der Waals surface area contributed by atoms with Gasteiger partial charge in [-0.3, -0.25) is 4.79 Å². The SMILES string of the molecule is O=C(O)[C@H](Br)Cc1ccc(Cl)cc1Cl. The van der Waals surface area contributed by atoms with E-state index in [9.17, 15) is 4.79 Å². The first-order valence-electron chi connectivity index (χ1n) is 3.81. The van der Waals surface area contributed by atoms with Gasteiger partial charge in [0.2, 0.25) is 0 Å². The Bertz CT molecular complexity index is 355. The fraction of sp³-hybridized carbons (Fsp3) is 0.222.